The summed E-state index contributed by atoms with van der Waals surface area (Å²) >= 11 is 0. The second-order valence-corrected chi connectivity index (χ2v) is 21.5. The van der Waals surface area contributed by atoms with E-state index in [-0.39, 0.29) is 5.92 Å². The predicted octanol–water partition coefficient (Wildman–Crippen LogP) is 17.5. The number of hydrogen-bond acceptors (Lipinski definition) is 5. The third-order valence-electron chi connectivity index (χ3n) is 16.5. The van der Waals surface area contributed by atoms with Gasteiger partial charge < -0.3 is 5.11 Å². The Morgan fingerprint density at radius 1 is 0.500 bits per heavy atom. The Labute approximate surface area is 436 Å². The molecule has 6 nitrogen and oxygen atoms in total. The van der Waals surface area contributed by atoms with Gasteiger partial charge in [0, 0.05) is 22.3 Å². The molecule has 3 unspecified atom stereocenters. The van der Waals surface area contributed by atoms with Crippen LogP contribution in [0, 0.1) is 41.4 Å². The molecule has 4 aromatic carbocycles. The number of aryl methyl sites for hydroxylation is 1. The van der Waals surface area contributed by atoms with Crippen molar-refractivity contribution in [2.45, 2.75) is 194 Å². The Morgan fingerprint density at radius 3 is 1.36 bits per heavy atom. The van der Waals surface area contributed by atoms with E-state index in [0.29, 0.717) is 11.8 Å². The molecule has 0 heterocycles. The Hall–Kier alpha value is -4.97. The van der Waals surface area contributed by atoms with Crippen molar-refractivity contribution in [1.29, 1.82) is 0 Å². The van der Waals surface area contributed by atoms with Crippen LogP contribution in [0.5, 0.6) is 0 Å². The number of rotatable bonds is 18. The maximum Gasteiger partial charge on any atom is 0.306 e. The number of carbonyl (C=O) groups is 5. The van der Waals surface area contributed by atoms with Gasteiger partial charge in [-0.25, -0.2) is 0 Å². The molecule has 0 spiro atoms. The molecule has 4 aliphatic carbocycles. The van der Waals surface area contributed by atoms with Crippen LogP contribution in [0.25, 0.3) is 0 Å². The summed E-state index contributed by atoms with van der Waals surface area (Å²) in [6, 6.07) is 33.2. The van der Waals surface area contributed by atoms with E-state index in [1.807, 2.05) is 73.7 Å². The molecule has 3 atom stereocenters. The minimum Gasteiger partial charge on any atom is -0.481 e. The van der Waals surface area contributed by atoms with Crippen molar-refractivity contribution in [3.63, 3.8) is 0 Å². The highest BCUT2D eigenvalue weighted by Gasteiger charge is 2.28. The lowest BCUT2D eigenvalue weighted by Gasteiger charge is -2.30. The fourth-order valence-electron chi connectivity index (χ4n) is 12.1. The molecule has 392 valence electrons. The van der Waals surface area contributed by atoms with Crippen LogP contribution in [0.1, 0.15) is 233 Å². The fourth-order valence-corrected chi connectivity index (χ4v) is 12.1. The van der Waals surface area contributed by atoms with Gasteiger partial charge in [0.15, 0.2) is 0 Å². The molecule has 4 saturated carbocycles. The summed E-state index contributed by atoms with van der Waals surface area (Å²) in [6.45, 7) is 6.60. The summed E-state index contributed by atoms with van der Waals surface area (Å²) in [4.78, 5) is 53.8. The van der Waals surface area contributed by atoms with Gasteiger partial charge in [-0.1, -0.05) is 252 Å². The van der Waals surface area contributed by atoms with Crippen LogP contribution in [-0.2, 0) is 24.1 Å². The van der Waals surface area contributed by atoms with Crippen molar-refractivity contribution < 1.29 is 29.1 Å². The average Bonchev–Trinajstić information content (AvgIpc) is 3.44. The summed E-state index contributed by atoms with van der Waals surface area (Å²) in [7, 11) is 0. The van der Waals surface area contributed by atoms with Crippen LogP contribution >= 0.6 is 0 Å². The summed E-state index contributed by atoms with van der Waals surface area (Å²) in [5.41, 5.74) is 7.06. The highest BCUT2D eigenvalue weighted by Crippen LogP contribution is 2.36. The predicted molar refractivity (Wildman–Crippen MR) is 298 cm³/mol. The summed E-state index contributed by atoms with van der Waals surface area (Å²) in [5, 5.41) is 8.93. The lowest BCUT2D eigenvalue weighted by molar-refractivity contribution is -0.144. The van der Waals surface area contributed by atoms with Crippen LogP contribution in [0.4, 0.5) is 0 Å². The second kappa shape index (κ2) is 36.0. The quantitative estimate of drug-likeness (QED) is 0.0996. The van der Waals surface area contributed by atoms with E-state index in [4.69, 9.17) is 5.11 Å². The number of aliphatic carboxylic acids is 1. The maximum atomic E-state index is 11.1. The molecule has 0 saturated heterocycles. The lowest BCUT2D eigenvalue weighted by Crippen LogP contribution is -2.24. The molecule has 0 aromatic heterocycles. The van der Waals surface area contributed by atoms with Gasteiger partial charge in [-0.2, -0.15) is 0 Å². The van der Waals surface area contributed by atoms with E-state index in [0.717, 1.165) is 110 Å². The normalized spacial score (nSPS) is 17.7. The van der Waals surface area contributed by atoms with E-state index in [1.54, 1.807) is 12.1 Å². The highest BCUT2D eigenvalue weighted by atomic mass is 16.4. The van der Waals surface area contributed by atoms with Gasteiger partial charge in [0.1, 0.15) is 25.1 Å². The highest BCUT2D eigenvalue weighted by molar-refractivity contribution is 5.78. The monoisotopic (exact) mass is 981 g/mol. The minimum absolute atomic E-state index is 0.0784. The molecule has 72 heavy (non-hydrogen) atoms. The van der Waals surface area contributed by atoms with Crippen molar-refractivity contribution in [3.05, 3.63) is 142 Å². The smallest absolute Gasteiger partial charge is 0.306 e. The van der Waals surface area contributed by atoms with Gasteiger partial charge in [-0.3, -0.25) is 24.0 Å². The summed E-state index contributed by atoms with van der Waals surface area (Å²) in [5.74, 6) is 3.91. The van der Waals surface area contributed by atoms with Gasteiger partial charge in [0.2, 0.25) is 0 Å². The molecule has 0 amide bonds. The number of benzene rings is 4. The molecule has 8 rings (SSSR count). The van der Waals surface area contributed by atoms with Crippen LogP contribution in [0.2, 0.25) is 0 Å². The molecule has 1 N–H and O–H groups in total. The molecule has 4 aromatic rings. The molecule has 0 aliphatic heterocycles. The number of carboxylic acids is 1. The first-order chi connectivity index (χ1) is 35.2. The van der Waals surface area contributed by atoms with Crippen molar-refractivity contribution in [3.8, 4) is 0 Å². The Bertz CT molecular complexity index is 2090. The van der Waals surface area contributed by atoms with Crippen LogP contribution in [0.3, 0.4) is 0 Å². The largest absolute Gasteiger partial charge is 0.481 e. The standard InChI is InChI=1S/C18H26O.C16H22O.C15H20O.C10H18O2.C7H6O/c1-2-8-16(15-9-4-3-5-10-15)13-17-11-6-7-12-18(17)14-19;1-13(14-7-3-2-4-8-14)11-15-9-5-6-10-16(15)12-17;16-12-15-9-5-4-8-14(15)11-10-13-6-2-1-3-7-13;1-2-9(10(11)12)8-6-4-3-5-7-8;8-6-7-4-2-1-3-5-7/h6-7,11-12,14-16H,2-5,8-10,13H2,1H3;5-6,9-10,12-14H,2-4,7-8,11H2,1H3;4-5,8-9,12-13H,1-3,6-7,10-11H2;8-9H,2-7H2,1H3,(H,11,12);1-6H. The Morgan fingerprint density at radius 2 is 0.917 bits per heavy atom. The Kier molecular flexibility index (Phi) is 29.8. The van der Waals surface area contributed by atoms with Gasteiger partial charge in [-0.15, -0.1) is 0 Å². The molecule has 6 heteroatoms. The SMILES string of the molecule is CC(Cc1ccccc1C=O)C1CCCCC1.CCC(C(=O)O)C1CCCCC1.CCCC(Cc1ccccc1C=O)C1CCCCC1.O=Cc1ccccc1.O=Cc1ccccc1CCC1CCCCC1. The van der Waals surface area contributed by atoms with E-state index >= 15 is 0 Å². The third kappa shape index (κ3) is 22.0. The third-order valence-corrected chi connectivity index (χ3v) is 16.5. The number of hydrogen-bond donors (Lipinski definition) is 1. The van der Waals surface area contributed by atoms with Crippen LogP contribution in [-0.4, -0.2) is 36.2 Å². The fraction of sp³-hybridized carbons (Fsp3) is 0.561. The van der Waals surface area contributed by atoms with E-state index in [9.17, 15) is 24.0 Å². The molecular formula is C66H92O6. The van der Waals surface area contributed by atoms with Crippen LogP contribution < -0.4 is 0 Å². The second-order valence-electron chi connectivity index (χ2n) is 21.5. The van der Waals surface area contributed by atoms with Crippen molar-refractivity contribution in [1.82, 2.24) is 0 Å². The van der Waals surface area contributed by atoms with Crippen molar-refractivity contribution in [2.24, 2.45) is 41.4 Å². The van der Waals surface area contributed by atoms with Crippen LogP contribution in [0.15, 0.2) is 103 Å². The average molecular weight is 981 g/mol. The number of aldehydes is 4. The van der Waals surface area contributed by atoms with Gasteiger partial charge >= 0.3 is 5.97 Å². The lowest BCUT2D eigenvalue weighted by atomic mass is 9.75. The van der Waals surface area contributed by atoms with Gasteiger partial charge in [-0.05, 0) is 97.1 Å². The van der Waals surface area contributed by atoms with Gasteiger partial charge in [0.25, 0.3) is 0 Å². The van der Waals surface area contributed by atoms with Gasteiger partial charge in [0.05, 0.1) is 5.92 Å². The molecule has 0 radical (unpaired) electrons. The zero-order chi connectivity index (χ0) is 51.6. The first kappa shape index (κ1) is 59.6. The summed E-state index contributed by atoms with van der Waals surface area (Å²) in [6.07, 6.45) is 38.6. The summed E-state index contributed by atoms with van der Waals surface area (Å²) < 4.78 is 0. The topological polar surface area (TPSA) is 106 Å². The van der Waals surface area contributed by atoms with Crippen molar-refractivity contribution >= 4 is 31.1 Å². The van der Waals surface area contributed by atoms with E-state index in [2.05, 4.69) is 38.1 Å². The number of carboxylic acid groups (broad SMARTS) is 1. The van der Waals surface area contributed by atoms with E-state index in [1.165, 1.54) is 152 Å². The van der Waals surface area contributed by atoms with E-state index < -0.39 is 5.97 Å². The molecular weight excluding hydrogens is 889 g/mol. The zero-order valence-corrected chi connectivity index (χ0v) is 44.7. The molecule has 0 bridgehead atoms. The minimum atomic E-state index is -0.593. The number of carbonyl (C=O) groups excluding carboxylic acids is 4. The zero-order valence-electron chi connectivity index (χ0n) is 44.7. The first-order valence-electron chi connectivity index (χ1n) is 28.6. The molecule has 4 aliphatic rings. The molecule has 4 fully saturated rings. The van der Waals surface area contributed by atoms with Crippen molar-refractivity contribution in [2.75, 3.05) is 0 Å². The maximum absolute atomic E-state index is 11.1. The Balaban J connectivity index is 0.000000200. The first-order valence-corrected chi connectivity index (χ1v) is 28.6.